The normalized spacial score (nSPS) is 15.7. The van der Waals surface area contributed by atoms with Gasteiger partial charge >= 0.3 is 0 Å². The maximum absolute atomic E-state index is 12.5. The highest BCUT2D eigenvalue weighted by Gasteiger charge is 2.27. The van der Waals surface area contributed by atoms with Gasteiger partial charge in [0.05, 0.1) is 6.26 Å². The van der Waals surface area contributed by atoms with Gasteiger partial charge in [-0.05, 0) is 48.9 Å². The Morgan fingerprint density at radius 2 is 1.96 bits per heavy atom. The smallest absolute Gasteiger partial charge is 0.284 e. The third-order valence-electron chi connectivity index (χ3n) is 3.74. The van der Waals surface area contributed by atoms with E-state index in [2.05, 4.69) is 15.2 Å². The van der Waals surface area contributed by atoms with Crippen molar-refractivity contribution in [3.63, 3.8) is 0 Å². The van der Waals surface area contributed by atoms with Crippen LogP contribution in [0.3, 0.4) is 0 Å². The van der Waals surface area contributed by atoms with E-state index in [9.17, 15) is 8.42 Å². The van der Waals surface area contributed by atoms with E-state index in [0.29, 0.717) is 29.1 Å². The molecule has 3 aromatic heterocycles. The van der Waals surface area contributed by atoms with Crippen molar-refractivity contribution in [2.75, 3.05) is 13.1 Å². The number of hydrogen-bond acceptors (Lipinski definition) is 8. The van der Waals surface area contributed by atoms with Crippen molar-refractivity contribution in [1.29, 1.82) is 0 Å². The topological polar surface area (TPSA) is 102 Å². The summed E-state index contributed by atoms with van der Waals surface area (Å²) >= 11 is 1.16. The van der Waals surface area contributed by atoms with Gasteiger partial charge in [-0.15, -0.1) is 10.2 Å². The molecular formula is C15H14N4O4S2. The molecule has 0 saturated carbocycles. The van der Waals surface area contributed by atoms with E-state index in [1.807, 2.05) is 0 Å². The quantitative estimate of drug-likeness (QED) is 0.668. The minimum absolute atomic E-state index is 0.195. The highest BCUT2D eigenvalue weighted by Crippen LogP contribution is 2.29. The van der Waals surface area contributed by atoms with Crippen LogP contribution in [0.1, 0.15) is 12.8 Å². The molecule has 0 N–H and O–H groups in total. The van der Waals surface area contributed by atoms with Gasteiger partial charge in [0.2, 0.25) is 10.0 Å². The molecule has 10 heteroatoms. The van der Waals surface area contributed by atoms with Gasteiger partial charge in [-0.3, -0.25) is 0 Å². The second kappa shape index (κ2) is 6.62. The lowest BCUT2D eigenvalue weighted by atomic mass is 10.4. The van der Waals surface area contributed by atoms with Gasteiger partial charge in [0, 0.05) is 19.3 Å². The largest absolute Gasteiger partial charge is 0.459 e. The van der Waals surface area contributed by atoms with Crippen LogP contribution >= 0.6 is 11.8 Å². The van der Waals surface area contributed by atoms with Gasteiger partial charge in [-0.2, -0.15) is 4.31 Å². The van der Waals surface area contributed by atoms with Crippen LogP contribution in [0.5, 0.6) is 0 Å². The zero-order chi connectivity index (χ0) is 17.3. The van der Waals surface area contributed by atoms with Gasteiger partial charge in [0.15, 0.2) is 5.76 Å². The van der Waals surface area contributed by atoms with Crippen LogP contribution in [0.2, 0.25) is 0 Å². The Hall–Kier alpha value is -2.17. The van der Waals surface area contributed by atoms with E-state index in [4.69, 9.17) is 8.83 Å². The number of nitrogens with zero attached hydrogens (tertiary/aromatic N) is 4. The first-order valence-electron chi connectivity index (χ1n) is 7.64. The molecule has 0 unspecified atom stereocenters. The Balaban J connectivity index is 1.49. The molecule has 1 fully saturated rings. The fraction of sp³-hybridized carbons (Fsp3) is 0.267. The molecule has 0 atom stereocenters. The summed E-state index contributed by atoms with van der Waals surface area (Å²) < 4.78 is 37.1. The summed E-state index contributed by atoms with van der Waals surface area (Å²) in [5.41, 5.74) is 0. The van der Waals surface area contributed by atoms with E-state index in [-0.39, 0.29) is 10.8 Å². The van der Waals surface area contributed by atoms with Crippen molar-refractivity contribution in [3.8, 4) is 11.7 Å². The summed E-state index contributed by atoms with van der Waals surface area (Å²) in [6, 6.07) is 6.63. The van der Waals surface area contributed by atoms with Crippen molar-refractivity contribution in [2.24, 2.45) is 0 Å². The molecule has 1 aliphatic rings. The molecule has 0 radical (unpaired) electrons. The molecule has 0 amide bonds. The lowest BCUT2D eigenvalue weighted by Crippen LogP contribution is -2.27. The number of sulfonamides is 1. The molecule has 0 aliphatic carbocycles. The van der Waals surface area contributed by atoms with Crippen molar-refractivity contribution >= 4 is 21.8 Å². The van der Waals surface area contributed by atoms with Crippen molar-refractivity contribution in [1.82, 2.24) is 19.5 Å². The predicted octanol–water partition coefficient (Wildman–Crippen LogP) is 2.66. The van der Waals surface area contributed by atoms with Gasteiger partial charge < -0.3 is 8.83 Å². The van der Waals surface area contributed by atoms with Crippen molar-refractivity contribution < 1.29 is 17.3 Å². The summed E-state index contributed by atoms with van der Waals surface area (Å²) in [5, 5.41) is 8.69. The van der Waals surface area contributed by atoms with E-state index in [1.165, 1.54) is 16.8 Å². The molecule has 25 heavy (non-hydrogen) atoms. The van der Waals surface area contributed by atoms with Crippen LogP contribution in [-0.4, -0.2) is 41.0 Å². The van der Waals surface area contributed by atoms with Gasteiger partial charge in [-0.25, -0.2) is 13.4 Å². The third kappa shape index (κ3) is 3.32. The predicted molar refractivity (Wildman–Crippen MR) is 88.4 cm³/mol. The molecule has 0 bridgehead atoms. The van der Waals surface area contributed by atoms with Crippen LogP contribution < -0.4 is 0 Å². The summed E-state index contributed by atoms with van der Waals surface area (Å²) in [5.74, 6) is 0.764. The van der Waals surface area contributed by atoms with Crippen LogP contribution in [-0.2, 0) is 10.0 Å². The standard InChI is InChI=1S/C15H14N4O4S2/c20-25(21,19-7-1-2-8-19)11-5-6-13(16-10-11)24-15-18-17-14(23-15)12-4-3-9-22-12/h3-6,9-10H,1-2,7-8H2. The molecule has 0 spiro atoms. The highest BCUT2D eigenvalue weighted by atomic mass is 32.2. The average molecular weight is 378 g/mol. The molecule has 130 valence electrons. The minimum atomic E-state index is -3.46. The lowest BCUT2D eigenvalue weighted by Gasteiger charge is -2.15. The SMILES string of the molecule is O=S(=O)(c1ccc(Sc2nnc(-c3ccco3)o2)nc1)N1CCCC1. The van der Waals surface area contributed by atoms with Gasteiger partial charge in [0.25, 0.3) is 11.1 Å². The van der Waals surface area contributed by atoms with E-state index in [0.717, 1.165) is 24.6 Å². The van der Waals surface area contributed by atoms with Crippen LogP contribution in [0.15, 0.2) is 60.7 Å². The molecule has 1 saturated heterocycles. The average Bonchev–Trinajstić information content (AvgIpc) is 3.37. The summed E-state index contributed by atoms with van der Waals surface area (Å²) in [7, 11) is -3.46. The molecule has 3 aromatic rings. The van der Waals surface area contributed by atoms with Crippen molar-refractivity contribution in [2.45, 2.75) is 28.0 Å². The lowest BCUT2D eigenvalue weighted by molar-refractivity contribution is 0.447. The Kier molecular flexibility index (Phi) is 4.32. The summed E-state index contributed by atoms with van der Waals surface area (Å²) in [4.78, 5) is 4.38. The second-order valence-electron chi connectivity index (χ2n) is 5.40. The van der Waals surface area contributed by atoms with Crippen LogP contribution in [0.4, 0.5) is 0 Å². The Morgan fingerprint density at radius 3 is 2.64 bits per heavy atom. The summed E-state index contributed by atoms with van der Waals surface area (Å²) in [6.07, 6.45) is 4.68. The maximum atomic E-state index is 12.5. The minimum Gasteiger partial charge on any atom is -0.459 e. The van der Waals surface area contributed by atoms with Crippen molar-refractivity contribution in [3.05, 3.63) is 36.7 Å². The highest BCUT2D eigenvalue weighted by molar-refractivity contribution is 7.99. The first-order valence-corrected chi connectivity index (χ1v) is 9.90. The molecular weight excluding hydrogens is 364 g/mol. The number of furan rings is 1. The van der Waals surface area contributed by atoms with E-state index >= 15 is 0 Å². The number of hydrogen-bond donors (Lipinski definition) is 0. The van der Waals surface area contributed by atoms with Gasteiger partial charge in [-0.1, -0.05) is 0 Å². The molecule has 8 nitrogen and oxygen atoms in total. The zero-order valence-corrected chi connectivity index (χ0v) is 14.7. The summed E-state index contributed by atoms with van der Waals surface area (Å²) in [6.45, 7) is 1.13. The number of pyridine rings is 1. The van der Waals surface area contributed by atoms with Gasteiger partial charge in [0.1, 0.15) is 9.92 Å². The van der Waals surface area contributed by atoms with Crippen LogP contribution in [0, 0.1) is 0 Å². The third-order valence-corrected chi connectivity index (χ3v) is 6.41. The Labute approximate surface area is 148 Å². The first-order chi connectivity index (χ1) is 12.1. The molecule has 4 rings (SSSR count). The van der Waals surface area contributed by atoms with E-state index < -0.39 is 10.0 Å². The fourth-order valence-electron chi connectivity index (χ4n) is 2.50. The maximum Gasteiger partial charge on any atom is 0.284 e. The number of rotatable bonds is 5. The Bertz CT molecular complexity index is 946. The molecule has 0 aromatic carbocycles. The second-order valence-corrected chi connectivity index (χ2v) is 8.31. The van der Waals surface area contributed by atoms with E-state index in [1.54, 1.807) is 24.3 Å². The number of aromatic nitrogens is 3. The fourth-order valence-corrected chi connectivity index (χ4v) is 4.58. The monoisotopic (exact) mass is 378 g/mol. The molecule has 4 heterocycles. The first kappa shape index (κ1) is 16.3. The molecule has 1 aliphatic heterocycles. The zero-order valence-electron chi connectivity index (χ0n) is 13.0. The Morgan fingerprint density at radius 1 is 1.12 bits per heavy atom. The van der Waals surface area contributed by atoms with Crippen LogP contribution in [0.25, 0.3) is 11.7 Å².